The highest BCUT2D eigenvalue weighted by Gasteiger charge is 2.29. The summed E-state index contributed by atoms with van der Waals surface area (Å²) in [5.41, 5.74) is 1.02. The number of nitrogens with zero attached hydrogens (tertiary/aromatic N) is 1. The van der Waals surface area contributed by atoms with E-state index in [-0.39, 0.29) is 5.78 Å². The number of carbonyl (C=O) groups excluding carboxylic acids is 1. The molecule has 1 aromatic carbocycles. The van der Waals surface area contributed by atoms with Crippen LogP contribution in [0.5, 0.6) is 0 Å². The van der Waals surface area contributed by atoms with Crippen LogP contribution in [0.2, 0.25) is 5.02 Å². The summed E-state index contributed by atoms with van der Waals surface area (Å²) in [5.74, 6) is 2.05. The summed E-state index contributed by atoms with van der Waals surface area (Å²) in [6, 6.07) is 7.55. The third-order valence-electron chi connectivity index (χ3n) is 5.03. The fourth-order valence-corrected chi connectivity index (χ4v) is 3.87. The van der Waals surface area contributed by atoms with Gasteiger partial charge in [-0.05, 0) is 61.4 Å². The number of hydrogen-bond acceptors (Lipinski definition) is 2. The quantitative estimate of drug-likeness (QED) is 0.749. The number of fused-ring (bicyclic) bond motifs is 2. The molecule has 0 radical (unpaired) electrons. The Labute approximate surface area is 138 Å². The van der Waals surface area contributed by atoms with Gasteiger partial charge in [0.15, 0.2) is 5.78 Å². The van der Waals surface area contributed by atoms with Crippen LogP contribution in [0.1, 0.15) is 37.7 Å². The van der Waals surface area contributed by atoms with Gasteiger partial charge in [-0.25, -0.2) is 0 Å². The molecule has 2 nitrogen and oxygen atoms in total. The van der Waals surface area contributed by atoms with Gasteiger partial charge in [0.2, 0.25) is 0 Å². The van der Waals surface area contributed by atoms with Crippen LogP contribution < -0.4 is 0 Å². The van der Waals surface area contributed by atoms with Crippen molar-refractivity contribution in [1.29, 1.82) is 0 Å². The van der Waals surface area contributed by atoms with Crippen LogP contribution in [0.15, 0.2) is 30.3 Å². The Morgan fingerprint density at radius 3 is 2.77 bits per heavy atom. The minimum atomic E-state index is 0.212. The molecule has 2 unspecified atom stereocenters. The van der Waals surface area contributed by atoms with E-state index in [4.69, 9.17) is 11.6 Å². The molecule has 0 aromatic heterocycles. The zero-order valence-corrected chi connectivity index (χ0v) is 13.8. The van der Waals surface area contributed by atoms with Crippen molar-refractivity contribution in [3.05, 3.63) is 40.9 Å². The number of hydrogen-bond donors (Lipinski definition) is 0. The fraction of sp³-hybridized carbons (Fsp3) is 0.526. The van der Waals surface area contributed by atoms with Gasteiger partial charge in [0.1, 0.15) is 0 Å². The fourth-order valence-electron chi connectivity index (χ4n) is 3.75. The third-order valence-corrected chi connectivity index (χ3v) is 5.28. The van der Waals surface area contributed by atoms with Crippen LogP contribution in [-0.2, 0) is 4.79 Å². The Hall–Kier alpha value is -1.12. The standard InChI is InChI=1S/C19H24ClNO/c20-18-6-3-15(4-7-18)5-8-19(22)10-12-21-11-9-16-1-2-17(13-16)14-21/h3-8,16-17H,1-2,9-14H2. The molecular formula is C19H24ClNO. The highest BCUT2D eigenvalue weighted by molar-refractivity contribution is 6.30. The van der Waals surface area contributed by atoms with Crippen molar-refractivity contribution in [2.45, 2.75) is 32.1 Å². The molecule has 1 aromatic rings. The summed E-state index contributed by atoms with van der Waals surface area (Å²) < 4.78 is 0. The van der Waals surface area contributed by atoms with Gasteiger partial charge in [0, 0.05) is 24.5 Å². The first-order chi connectivity index (χ1) is 10.7. The normalized spacial score (nSPS) is 25.5. The summed E-state index contributed by atoms with van der Waals surface area (Å²) in [5, 5.41) is 0.721. The van der Waals surface area contributed by atoms with Gasteiger partial charge >= 0.3 is 0 Å². The van der Waals surface area contributed by atoms with Crippen LogP contribution in [0.25, 0.3) is 6.08 Å². The monoisotopic (exact) mass is 317 g/mol. The maximum Gasteiger partial charge on any atom is 0.156 e. The predicted octanol–water partition coefficient (Wildman–Crippen LogP) is 4.43. The van der Waals surface area contributed by atoms with Crippen molar-refractivity contribution in [1.82, 2.24) is 4.90 Å². The van der Waals surface area contributed by atoms with Gasteiger partial charge in [-0.1, -0.05) is 36.2 Å². The number of ketones is 1. The Balaban J connectivity index is 1.45. The summed E-state index contributed by atoms with van der Waals surface area (Å²) in [6.45, 7) is 3.28. The number of likely N-dealkylation sites (tertiary alicyclic amines) is 1. The zero-order valence-electron chi connectivity index (χ0n) is 13.0. The van der Waals surface area contributed by atoms with E-state index in [1.165, 1.54) is 38.8 Å². The van der Waals surface area contributed by atoms with E-state index in [2.05, 4.69) is 4.90 Å². The second kappa shape index (κ2) is 7.43. The predicted molar refractivity (Wildman–Crippen MR) is 92.0 cm³/mol. The molecule has 2 bridgehead atoms. The van der Waals surface area contributed by atoms with Gasteiger partial charge in [-0.2, -0.15) is 0 Å². The molecule has 1 aliphatic heterocycles. The molecule has 2 fully saturated rings. The average Bonchev–Trinajstić information content (AvgIpc) is 2.85. The lowest BCUT2D eigenvalue weighted by Crippen LogP contribution is -2.31. The van der Waals surface area contributed by atoms with Crippen LogP contribution in [-0.4, -0.2) is 30.3 Å². The van der Waals surface area contributed by atoms with E-state index in [0.717, 1.165) is 29.0 Å². The molecular weight excluding hydrogens is 294 g/mol. The first-order valence-corrected chi connectivity index (χ1v) is 8.75. The van der Waals surface area contributed by atoms with Gasteiger partial charge in [0.05, 0.1) is 0 Å². The first-order valence-electron chi connectivity index (χ1n) is 8.38. The first kappa shape index (κ1) is 15.8. The van der Waals surface area contributed by atoms with Crippen LogP contribution in [0.3, 0.4) is 0 Å². The molecule has 22 heavy (non-hydrogen) atoms. The van der Waals surface area contributed by atoms with Crippen molar-refractivity contribution in [2.75, 3.05) is 19.6 Å². The molecule has 118 valence electrons. The maximum absolute atomic E-state index is 12.0. The second-order valence-electron chi connectivity index (χ2n) is 6.74. The zero-order chi connectivity index (χ0) is 15.4. The summed E-state index contributed by atoms with van der Waals surface area (Å²) in [4.78, 5) is 14.5. The van der Waals surface area contributed by atoms with Gasteiger partial charge in [-0.15, -0.1) is 0 Å². The number of benzene rings is 1. The minimum Gasteiger partial charge on any atom is -0.303 e. The number of halogens is 1. The Bertz CT molecular complexity index is 537. The van der Waals surface area contributed by atoms with Crippen molar-refractivity contribution in [3.63, 3.8) is 0 Å². The van der Waals surface area contributed by atoms with E-state index >= 15 is 0 Å². The molecule has 1 saturated heterocycles. The largest absolute Gasteiger partial charge is 0.303 e. The average molecular weight is 318 g/mol. The molecule has 2 aliphatic rings. The number of allylic oxidation sites excluding steroid dienone is 1. The Kier molecular flexibility index (Phi) is 5.32. The second-order valence-corrected chi connectivity index (χ2v) is 7.17. The van der Waals surface area contributed by atoms with Crippen molar-refractivity contribution >= 4 is 23.5 Å². The topological polar surface area (TPSA) is 20.3 Å². The highest BCUT2D eigenvalue weighted by Crippen LogP contribution is 2.36. The summed E-state index contributed by atoms with van der Waals surface area (Å²) in [6.07, 6.45) is 9.77. The van der Waals surface area contributed by atoms with Crippen molar-refractivity contribution in [3.8, 4) is 0 Å². The highest BCUT2D eigenvalue weighted by atomic mass is 35.5. The summed E-state index contributed by atoms with van der Waals surface area (Å²) >= 11 is 5.85. The van der Waals surface area contributed by atoms with Crippen LogP contribution in [0.4, 0.5) is 0 Å². The van der Waals surface area contributed by atoms with E-state index in [1.54, 1.807) is 6.08 Å². The Morgan fingerprint density at radius 1 is 1.18 bits per heavy atom. The van der Waals surface area contributed by atoms with Crippen molar-refractivity contribution < 1.29 is 4.79 Å². The van der Waals surface area contributed by atoms with Gasteiger partial charge in [0.25, 0.3) is 0 Å². The lowest BCUT2D eigenvalue weighted by Gasteiger charge is -2.23. The summed E-state index contributed by atoms with van der Waals surface area (Å²) in [7, 11) is 0. The molecule has 1 heterocycles. The van der Waals surface area contributed by atoms with Gasteiger partial charge < -0.3 is 4.90 Å². The van der Waals surface area contributed by atoms with Crippen LogP contribution in [0, 0.1) is 11.8 Å². The SMILES string of the molecule is O=C(C=Cc1ccc(Cl)cc1)CCN1CCC2CCC(C2)C1. The van der Waals surface area contributed by atoms with E-state index in [1.807, 2.05) is 30.3 Å². The molecule has 3 heteroatoms. The molecule has 1 saturated carbocycles. The molecule has 0 amide bonds. The molecule has 2 atom stereocenters. The Morgan fingerprint density at radius 2 is 1.95 bits per heavy atom. The lowest BCUT2D eigenvalue weighted by atomic mass is 10.0. The molecule has 0 spiro atoms. The maximum atomic E-state index is 12.0. The third kappa shape index (κ3) is 4.44. The van der Waals surface area contributed by atoms with Crippen molar-refractivity contribution in [2.24, 2.45) is 11.8 Å². The molecule has 0 N–H and O–H groups in total. The number of carbonyl (C=O) groups is 1. The van der Waals surface area contributed by atoms with E-state index in [0.29, 0.717) is 6.42 Å². The smallest absolute Gasteiger partial charge is 0.156 e. The molecule has 3 rings (SSSR count). The number of rotatable bonds is 5. The van der Waals surface area contributed by atoms with Gasteiger partial charge in [-0.3, -0.25) is 4.79 Å². The molecule has 1 aliphatic carbocycles. The lowest BCUT2D eigenvalue weighted by molar-refractivity contribution is -0.114. The van der Waals surface area contributed by atoms with E-state index in [9.17, 15) is 4.79 Å². The van der Waals surface area contributed by atoms with E-state index < -0.39 is 0 Å². The minimum absolute atomic E-state index is 0.212. The van der Waals surface area contributed by atoms with Crippen LogP contribution >= 0.6 is 11.6 Å².